The quantitative estimate of drug-likeness (QED) is 0.583. The van der Waals surface area contributed by atoms with Gasteiger partial charge in [0.25, 0.3) is 0 Å². The van der Waals surface area contributed by atoms with Crippen LogP contribution in [0.4, 0.5) is 0 Å². The number of rotatable bonds is 7. The number of fused-ring (bicyclic) bond motifs is 1. The summed E-state index contributed by atoms with van der Waals surface area (Å²) in [6, 6.07) is 10.5. The van der Waals surface area contributed by atoms with Crippen LogP contribution in [0.15, 0.2) is 56.7 Å². The zero-order chi connectivity index (χ0) is 20.5. The number of nitrogens with one attached hydrogen (secondary N) is 2. The zero-order valence-electron chi connectivity index (χ0n) is 15.2. The summed E-state index contributed by atoms with van der Waals surface area (Å²) in [5.74, 6) is 0.335. The lowest BCUT2D eigenvalue weighted by molar-refractivity contribution is 0.582. The first-order valence-corrected chi connectivity index (χ1v) is 11.9. The Kier molecular flexibility index (Phi) is 5.83. The molecule has 0 atom stereocenters. The lowest BCUT2D eigenvalue weighted by Crippen LogP contribution is -2.22. The normalized spacial score (nSPS) is 12.5. The molecule has 3 aromatic rings. The summed E-state index contributed by atoms with van der Waals surface area (Å²) >= 11 is 6.41. The van der Waals surface area contributed by atoms with Crippen molar-refractivity contribution in [2.75, 3.05) is 13.1 Å². The van der Waals surface area contributed by atoms with Gasteiger partial charge in [-0.15, -0.1) is 0 Å². The van der Waals surface area contributed by atoms with E-state index >= 15 is 0 Å². The van der Waals surface area contributed by atoms with Gasteiger partial charge >= 0.3 is 0 Å². The van der Waals surface area contributed by atoms with Crippen molar-refractivity contribution in [1.29, 1.82) is 0 Å². The lowest BCUT2D eigenvalue weighted by atomic mass is 10.1. The highest BCUT2D eigenvalue weighted by molar-refractivity contribution is 7.89. The third-order valence-corrected chi connectivity index (χ3v) is 7.49. The Labute approximate surface area is 168 Å². The topological polar surface area (TPSA) is 105 Å². The predicted octanol–water partition coefficient (Wildman–Crippen LogP) is 3.35. The van der Waals surface area contributed by atoms with Crippen molar-refractivity contribution < 1.29 is 21.3 Å². The summed E-state index contributed by atoms with van der Waals surface area (Å²) < 4.78 is 59.1. The van der Waals surface area contributed by atoms with Crippen molar-refractivity contribution in [2.24, 2.45) is 0 Å². The fourth-order valence-electron chi connectivity index (χ4n) is 2.73. The smallest absolute Gasteiger partial charge is 0.240 e. The molecule has 0 aliphatic rings. The third-order valence-electron chi connectivity index (χ3n) is 4.01. The van der Waals surface area contributed by atoms with Crippen molar-refractivity contribution in [3.05, 3.63) is 47.5 Å². The van der Waals surface area contributed by atoms with Crippen LogP contribution in [0.5, 0.6) is 0 Å². The van der Waals surface area contributed by atoms with Crippen molar-refractivity contribution in [1.82, 2.24) is 9.44 Å². The van der Waals surface area contributed by atoms with Crippen molar-refractivity contribution in [2.45, 2.75) is 23.6 Å². The number of halogens is 1. The minimum absolute atomic E-state index is 0.0749. The Morgan fingerprint density at radius 3 is 1.96 bits per heavy atom. The largest absolute Gasteiger partial charge is 0.454 e. The average Bonchev–Trinajstić information content (AvgIpc) is 2.98. The van der Waals surface area contributed by atoms with Crippen LogP contribution in [0.2, 0.25) is 5.02 Å². The van der Waals surface area contributed by atoms with Gasteiger partial charge in [-0.3, -0.25) is 0 Å². The Balaban J connectivity index is 2.03. The number of sulfonamides is 2. The number of hydrogen-bond donors (Lipinski definition) is 2. The maximum atomic E-state index is 12.2. The van der Waals surface area contributed by atoms with Crippen molar-refractivity contribution >= 4 is 42.6 Å². The van der Waals surface area contributed by atoms with E-state index in [1.807, 2.05) is 0 Å². The molecule has 2 N–H and O–H groups in total. The second-order valence-electron chi connectivity index (χ2n) is 5.93. The SMILES string of the molecule is CCNS(=O)(=O)c1ccc(-c2oc3cc(S(=O)(=O)NCC)ccc3c2Cl)cc1. The van der Waals surface area contributed by atoms with Crippen LogP contribution < -0.4 is 9.44 Å². The van der Waals surface area contributed by atoms with Gasteiger partial charge in [-0.05, 0) is 36.4 Å². The highest BCUT2D eigenvalue weighted by Crippen LogP contribution is 2.38. The van der Waals surface area contributed by atoms with Gasteiger partial charge in [0.15, 0.2) is 5.76 Å². The first-order chi connectivity index (χ1) is 13.2. The van der Waals surface area contributed by atoms with Crippen LogP contribution in [0, 0.1) is 0 Å². The summed E-state index contributed by atoms with van der Waals surface area (Å²) in [6.07, 6.45) is 0. The molecule has 150 valence electrons. The molecule has 0 aliphatic heterocycles. The molecule has 2 aromatic carbocycles. The molecule has 1 heterocycles. The second-order valence-corrected chi connectivity index (χ2v) is 9.84. The van der Waals surface area contributed by atoms with E-state index in [-0.39, 0.29) is 22.9 Å². The van der Waals surface area contributed by atoms with Gasteiger partial charge in [0.1, 0.15) is 5.58 Å². The van der Waals surface area contributed by atoms with Crippen LogP contribution in [0.25, 0.3) is 22.3 Å². The molecule has 0 spiro atoms. The molecule has 0 radical (unpaired) electrons. The fourth-order valence-corrected chi connectivity index (χ4v) is 5.13. The van der Waals surface area contributed by atoms with Crippen LogP contribution >= 0.6 is 11.6 Å². The minimum Gasteiger partial charge on any atom is -0.454 e. The summed E-state index contributed by atoms with van der Waals surface area (Å²) in [5, 5.41) is 0.890. The molecular weight excluding hydrogens is 424 g/mol. The molecule has 0 amide bonds. The lowest BCUT2D eigenvalue weighted by Gasteiger charge is -2.05. The summed E-state index contributed by atoms with van der Waals surface area (Å²) in [5.41, 5.74) is 0.899. The van der Waals surface area contributed by atoms with Crippen molar-refractivity contribution in [3.63, 3.8) is 0 Å². The van der Waals surface area contributed by atoms with Crippen LogP contribution in [-0.2, 0) is 20.0 Å². The van der Waals surface area contributed by atoms with E-state index in [1.54, 1.807) is 32.0 Å². The molecule has 0 unspecified atom stereocenters. The van der Waals surface area contributed by atoms with Gasteiger partial charge in [0.05, 0.1) is 14.8 Å². The van der Waals surface area contributed by atoms with Gasteiger partial charge in [0, 0.05) is 30.1 Å². The molecule has 10 heteroatoms. The first kappa shape index (κ1) is 20.8. The highest BCUT2D eigenvalue weighted by Gasteiger charge is 2.19. The first-order valence-electron chi connectivity index (χ1n) is 8.51. The Morgan fingerprint density at radius 2 is 1.39 bits per heavy atom. The maximum Gasteiger partial charge on any atom is 0.240 e. The zero-order valence-corrected chi connectivity index (χ0v) is 17.6. The monoisotopic (exact) mass is 442 g/mol. The van der Waals surface area contributed by atoms with E-state index in [9.17, 15) is 16.8 Å². The van der Waals surface area contributed by atoms with E-state index in [0.717, 1.165) is 0 Å². The van der Waals surface area contributed by atoms with Gasteiger partial charge in [0.2, 0.25) is 20.0 Å². The molecule has 3 rings (SSSR count). The van der Waals surface area contributed by atoms with Gasteiger partial charge < -0.3 is 4.42 Å². The minimum atomic E-state index is -3.62. The molecule has 1 aromatic heterocycles. The van der Waals surface area contributed by atoms with Crippen LogP contribution in [0.3, 0.4) is 0 Å². The van der Waals surface area contributed by atoms with E-state index in [4.69, 9.17) is 16.0 Å². The fraction of sp³-hybridized carbons (Fsp3) is 0.222. The standard InChI is InChI=1S/C18H19ClN2O5S2/c1-3-20-27(22,23)13-7-5-12(6-8-13)18-17(19)15-10-9-14(11-16(15)26-18)28(24,25)21-4-2/h5-11,20-21H,3-4H2,1-2H3. The summed E-state index contributed by atoms with van der Waals surface area (Å²) in [4.78, 5) is 0.204. The number of hydrogen-bond acceptors (Lipinski definition) is 5. The molecule has 7 nitrogen and oxygen atoms in total. The van der Waals surface area contributed by atoms with Gasteiger partial charge in [-0.25, -0.2) is 26.3 Å². The number of benzene rings is 2. The van der Waals surface area contributed by atoms with Crippen molar-refractivity contribution in [3.8, 4) is 11.3 Å². The van der Waals surface area contributed by atoms with E-state index in [0.29, 0.717) is 27.3 Å². The predicted molar refractivity (Wildman–Crippen MR) is 108 cm³/mol. The molecule has 0 saturated carbocycles. The molecule has 28 heavy (non-hydrogen) atoms. The number of furan rings is 1. The van der Waals surface area contributed by atoms with Gasteiger partial charge in [-0.1, -0.05) is 25.4 Å². The summed E-state index contributed by atoms with van der Waals surface area (Å²) in [6.45, 7) is 3.95. The molecule has 0 bridgehead atoms. The molecular formula is C18H19ClN2O5S2. The van der Waals surface area contributed by atoms with E-state index < -0.39 is 20.0 Å². The average molecular weight is 443 g/mol. The highest BCUT2D eigenvalue weighted by atomic mass is 35.5. The Bertz CT molecular complexity index is 1220. The summed E-state index contributed by atoms with van der Waals surface area (Å²) in [7, 11) is -7.18. The maximum absolute atomic E-state index is 12.2. The van der Waals surface area contributed by atoms with Crippen LogP contribution in [0.1, 0.15) is 13.8 Å². The Morgan fingerprint density at radius 1 is 0.857 bits per heavy atom. The molecule has 0 aliphatic carbocycles. The third kappa shape index (κ3) is 3.94. The van der Waals surface area contributed by atoms with E-state index in [2.05, 4.69) is 9.44 Å². The molecule has 0 saturated heterocycles. The van der Waals surface area contributed by atoms with E-state index in [1.165, 1.54) is 24.3 Å². The molecule has 0 fully saturated rings. The second kappa shape index (κ2) is 7.84. The Hall–Kier alpha value is -1.91. The van der Waals surface area contributed by atoms with Crippen LogP contribution in [-0.4, -0.2) is 29.9 Å². The van der Waals surface area contributed by atoms with Gasteiger partial charge in [-0.2, -0.15) is 0 Å².